The van der Waals surface area contributed by atoms with Crippen LogP contribution < -0.4 is 4.90 Å². The minimum absolute atomic E-state index is 0.0135. The lowest BCUT2D eigenvalue weighted by molar-refractivity contribution is 0.621. The van der Waals surface area contributed by atoms with Crippen molar-refractivity contribution in [2.75, 3.05) is 4.90 Å². The van der Waals surface area contributed by atoms with E-state index in [2.05, 4.69) is 0 Å². The number of aromatic nitrogens is 1. The van der Waals surface area contributed by atoms with Gasteiger partial charge in [0, 0.05) is 39.3 Å². The van der Waals surface area contributed by atoms with Gasteiger partial charge in [-0.2, -0.15) is 0 Å². The highest BCUT2D eigenvalue weighted by molar-refractivity contribution is 6.16. The van der Waals surface area contributed by atoms with Crippen LogP contribution >= 0.6 is 0 Å². The van der Waals surface area contributed by atoms with Crippen molar-refractivity contribution in [1.29, 1.82) is 0 Å². The third-order valence-electron chi connectivity index (χ3n) is 9.45. The SMILES string of the molecule is [2H]c1c([2H])c([2H])c2c(oc3c([2H])c(N(c4ccc(-c5ccccc5)cc4)c4ccc(-c5ccccc5)cc4)c([2H])c(-c4cccc5nc(-c6ccccc6)oc45)c32)c1[2H]. The first-order chi connectivity index (χ1) is 28.8. The molecule has 0 aliphatic heterocycles. The van der Waals surface area contributed by atoms with Gasteiger partial charge in [0.25, 0.3) is 0 Å². The molecule has 0 spiro atoms. The summed E-state index contributed by atoms with van der Waals surface area (Å²) in [6, 6.07) is 49.1. The second-order valence-electron chi connectivity index (χ2n) is 12.7. The van der Waals surface area contributed by atoms with Crippen LogP contribution in [0.25, 0.3) is 77.9 Å². The van der Waals surface area contributed by atoms with Gasteiger partial charge in [-0.3, -0.25) is 0 Å². The van der Waals surface area contributed by atoms with Crippen LogP contribution in [0.1, 0.15) is 8.22 Å². The molecular formula is C49H32N2O2. The summed E-state index contributed by atoms with van der Waals surface area (Å²) < 4.78 is 68.0. The number of hydrogen-bond donors (Lipinski definition) is 0. The van der Waals surface area contributed by atoms with Crippen LogP contribution in [0.4, 0.5) is 17.1 Å². The van der Waals surface area contributed by atoms with Crippen LogP contribution in [-0.2, 0) is 0 Å². The Kier molecular flexibility index (Phi) is 6.04. The quantitative estimate of drug-likeness (QED) is 0.167. The molecule has 0 amide bonds. The predicted molar refractivity (Wildman–Crippen MR) is 218 cm³/mol. The number of hydrogen-bond acceptors (Lipinski definition) is 4. The molecule has 0 saturated heterocycles. The van der Waals surface area contributed by atoms with Crippen LogP contribution in [-0.4, -0.2) is 4.98 Å². The van der Waals surface area contributed by atoms with Crippen molar-refractivity contribution in [2.24, 2.45) is 0 Å². The van der Waals surface area contributed by atoms with Gasteiger partial charge in [0.1, 0.15) is 16.7 Å². The molecule has 0 radical (unpaired) electrons. The maximum atomic E-state index is 10.2. The topological polar surface area (TPSA) is 42.4 Å². The molecule has 2 heterocycles. The van der Waals surface area contributed by atoms with Crippen LogP contribution in [0, 0.1) is 0 Å². The van der Waals surface area contributed by atoms with Crippen LogP contribution in [0.3, 0.4) is 0 Å². The smallest absolute Gasteiger partial charge is 0.227 e. The number of benzene rings is 8. The summed E-state index contributed by atoms with van der Waals surface area (Å²) in [6.07, 6.45) is 0. The minimum atomic E-state index is -0.454. The summed E-state index contributed by atoms with van der Waals surface area (Å²) in [4.78, 5) is 6.66. The van der Waals surface area contributed by atoms with E-state index < -0.39 is 12.1 Å². The summed E-state index contributed by atoms with van der Waals surface area (Å²) in [5.74, 6) is 0.380. The van der Waals surface area contributed by atoms with E-state index >= 15 is 0 Å². The van der Waals surface area contributed by atoms with Gasteiger partial charge in [-0.25, -0.2) is 4.98 Å². The number of para-hydroxylation sites is 2. The first kappa shape index (κ1) is 24.9. The van der Waals surface area contributed by atoms with Crippen LogP contribution in [0.5, 0.6) is 0 Å². The third-order valence-corrected chi connectivity index (χ3v) is 9.45. The average Bonchev–Trinajstić information content (AvgIpc) is 3.91. The van der Waals surface area contributed by atoms with Crippen molar-refractivity contribution >= 4 is 50.1 Å². The van der Waals surface area contributed by atoms with Gasteiger partial charge in [0.05, 0.1) is 13.9 Å². The Balaban J connectivity index is 1.29. The van der Waals surface area contributed by atoms with E-state index in [0.29, 0.717) is 33.9 Å². The maximum absolute atomic E-state index is 10.2. The van der Waals surface area contributed by atoms with Gasteiger partial charge in [0.15, 0.2) is 5.58 Å². The highest BCUT2D eigenvalue weighted by Gasteiger charge is 2.22. The molecule has 10 rings (SSSR count). The fraction of sp³-hybridized carbons (Fsp3) is 0. The molecule has 10 aromatic rings. The van der Waals surface area contributed by atoms with Crippen molar-refractivity contribution in [2.45, 2.75) is 0 Å². The molecule has 53 heavy (non-hydrogen) atoms. The Bertz CT molecular complexity index is 3120. The molecule has 0 bridgehead atoms. The lowest BCUT2D eigenvalue weighted by Crippen LogP contribution is -2.10. The van der Waals surface area contributed by atoms with E-state index in [4.69, 9.17) is 19.3 Å². The normalized spacial score (nSPS) is 13.0. The van der Waals surface area contributed by atoms with E-state index in [1.54, 1.807) is 6.07 Å². The number of rotatable bonds is 7. The summed E-state index contributed by atoms with van der Waals surface area (Å²) in [7, 11) is 0. The van der Waals surface area contributed by atoms with E-state index in [0.717, 1.165) is 27.8 Å². The van der Waals surface area contributed by atoms with E-state index in [-0.39, 0.29) is 57.4 Å². The summed E-state index contributed by atoms with van der Waals surface area (Å²) >= 11 is 0. The third kappa shape index (κ3) is 5.54. The highest BCUT2D eigenvalue weighted by Crippen LogP contribution is 2.46. The Morgan fingerprint density at radius 2 is 1.02 bits per heavy atom. The zero-order valence-corrected chi connectivity index (χ0v) is 28.2. The van der Waals surface area contributed by atoms with Gasteiger partial charge in [-0.15, -0.1) is 0 Å². The first-order valence-corrected chi connectivity index (χ1v) is 17.3. The van der Waals surface area contributed by atoms with Gasteiger partial charge < -0.3 is 13.7 Å². The monoisotopic (exact) mass is 686 g/mol. The lowest BCUT2D eigenvalue weighted by atomic mass is 9.97. The molecule has 0 N–H and O–H groups in total. The van der Waals surface area contributed by atoms with Gasteiger partial charge >= 0.3 is 0 Å². The zero-order valence-electron chi connectivity index (χ0n) is 34.2. The molecule has 0 fully saturated rings. The minimum Gasteiger partial charge on any atom is -0.456 e. The Morgan fingerprint density at radius 3 is 1.64 bits per heavy atom. The number of fused-ring (bicyclic) bond motifs is 4. The van der Waals surface area contributed by atoms with Crippen molar-refractivity contribution < 1.29 is 17.1 Å². The van der Waals surface area contributed by atoms with Gasteiger partial charge in [-0.05, 0) is 82.4 Å². The van der Waals surface area contributed by atoms with E-state index in [1.807, 2.05) is 157 Å². The molecule has 0 unspecified atom stereocenters. The number of nitrogens with zero attached hydrogens (tertiary/aromatic N) is 2. The van der Waals surface area contributed by atoms with E-state index in [1.165, 1.54) is 0 Å². The second kappa shape index (κ2) is 12.9. The number of oxazole rings is 1. The lowest BCUT2D eigenvalue weighted by Gasteiger charge is -2.26. The molecule has 0 aliphatic rings. The molecular weight excluding hydrogens is 649 g/mol. The summed E-state index contributed by atoms with van der Waals surface area (Å²) in [5, 5.41) is 0.301. The summed E-state index contributed by atoms with van der Waals surface area (Å²) in [6.45, 7) is 0. The van der Waals surface area contributed by atoms with Crippen molar-refractivity contribution in [3.63, 3.8) is 0 Å². The predicted octanol–water partition coefficient (Wildman–Crippen LogP) is 13.9. The molecule has 2 aromatic heterocycles. The Hall–Kier alpha value is -7.17. The molecule has 4 heteroatoms. The zero-order chi connectivity index (χ0) is 40.4. The van der Waals surface area contributed by atoms with E-state index in [9.17, 15) is 2.74 Å². The second-order valence-corrected chi connectivity index (χ2v) is 12.7. The fourth-order valence-corrected chi connectivity index (χ4v) is 6.90. The molecule has 0 aliphatic carbocycles. The standard InChI is InChI=1S/C49H32N2O2/c1-4-13-33(14-5-1)35-23-27-38(28-24-35)51(39-29-25-36(26-30-39)34-15-6-2-7-16-34)40-31-43(47-42-19-10-11-22-45(42)52-46(47)32-40)41-20-12-21-44-48(41)53-49(50-44)37-17-8-3-9-18-37/h1-32H/i10D,11D,19D,22D,31D,32D. The first-order valence-electron chi connectivity index (χ1n) is 20.3. The average molecular weight is 687 g/mol. The summed E-state index contributed by atoms with van der Waals surface area (Å²) in [5.41, 5.74) is 7.94. The van der Waals surface area contributed by atoms with Crippen LogP contribution in [0.2, 0.25) is 0 Å². The van der Waals surface area contributed by atoms with Crippen molar-refractivity contribution in [3.05, 3.63) is 194 Å². The van der Waals surface area contributed by atoms with Crippen LogP contribution in [0.15, 0.2) is 203 Å². The largest absolute Gasteiger partial charge is 0.456 e. The molecule has 4 nitrogen and oxygen atoms in total. The number of furan rings is 1. The van der Waals surface area contributed by atoms with Gasteiger partial charge in [-0.1, -0.05) is 133 Å². The van der Waals surface area contributed by atoms with Crippen molar-refractivity contribution in [3.8, 4) is 44.8 Å². The Morgan fingerprint density at radius 1 is 0.453 bits per heavy atom. The highest BCUT2D eigenvalue weighted by atomic mass is 16.3. The van der Waals surface area contributed by atoms with Gasteiger partial charge in [0.2, 0.25) is 5.89 Å². The molecule has 0 saturated carbocycles. The molecule has 8 aromatic carbocycles. The molecule has 250 valence electrons. The fourth-order valence-electron chi connectivity index (χ4n) is 6.90. The maximum Gasteiger partial charge on any atom is 0.227 e. The number of anilines is 3. The Labute approximate surface area is 315 Å². The van der Waals surface area contributed by atoms with Crippen molar-refractivity contribution in [1.82, 2.24) is 4.98 Å². The molecule has 0 atom stereocenters.